The second kappa shape index (κ2) is 11.9. The lowest BCUT2D eigenvalue weighted by Gasteiger charge is -2.35. The number of hydrogen-bond acceptors (Lipinski definition) is 8. The van der Waals surface area contributed by atoms with Gasteiger partial charge < -0.3 is 23.9 Å². The lowest BCUT2D eigenvalue weighted by molar-refractivity contribution is -0.139. The highest BCUT2D eigenvalue weighted by Crippen LogP contribution is 2.40. The third-order valence-corrected chi connectivity index (χ3v) is 8.28. The lowest BCUT2D eigenvalue weighted by Crippen LogP contribution is -2.36. The molecule has 1 saturated heterocycles. The maximum atomic E-state index is 14.1. The number of benzene rings is 1. The van der Waals surface area contributed by atoms with E-state index in [0.29, 0.717) is 77.2 Å². The number of imidazole rings is 1. The molecule has 0 saturated carbocycles. The molecule has 1 aromatic carbocycles. The van der Waals surface area contributed by atoms with E-state index in [-0.39, 0.29) is 24.4 Å². The minimum atomic E-state index is -4.67. The summed E-state index contributed by atoms with van der Waals surface area (Å²) in [5.41, 5.74) is 1.48. The maximum absolute atomic E-state index is 14.1. The normalized spacial score (nSPS) is 18.6. The summed E-state index contributed by atoms with van der Waals surface area (Å²) in [5.74, 6) is -0.608. The summed E-state index contributed by atoms with van der Waals surface area (Å²) in [6.07, 6.45) is -3.50. The summed E-state index contributed by atoms with van der Waals surface area (Å²) in [6, 6.07) is 8.60. The molecule has 10 nitrogen and oxygen atoms in total. The van der Waals surface area contributed by atoms with Crippen molar-refractivity contribution >= 4 is 28.7 Å². The smallest absolute Gasteiger partial charge is 0.421 e. The molecule has 44 heavy (non-hydrogen) atoms. The molecule has 2 aliphatic heterocycles. The Balaban J connectivity index is 1.30. The number of carbonyl (C=O) groups is 1. The van der Waals surface area contributed by atoms with Crippen LogP contribution in [0.5, 0.6) is 11.6 Å². The zero-order valence-electron chi connectivity index (χ0n) is 23.9. The highest BCUT2D eigenvalue weighted by Gasteiger charge is 2.38. The Bertz CT molecular complexity index is 1730. The first-order valence-corrected chi connectivity index (χ1v) is 14.4. The third kappa shape index (κ3) is 5.91. The monoisotopic (exact) mass is 631 g/mol. The summed E-state index contributed by atoms with van der Waals surface area (Å²) >= 11 is 6.03. The van der Waals surface area contributed by atoms with E-state index in [9.17, 15) is 23.1 Å². The Labute approximate surface area is 255 Å². The molecule has 3 aromatic heterocycles. The fraction of sp³-hybridized carbons (Fsp3) is 0.400. The predicted octanol–water partition coefficient (Wildman–Crippen LogP) is 5.69. The van der Waals surface area contributed by atoms with Gasteiger partial charge in [0.15, 0.2) is 11.3 Å². The molecule has 0 radical (unpaired) electrons. The van der Waals surface area contributed by atoms with E-state index in [0.717, 1.165) is 12.5 Å². The Hall–Kier alpha value is -3.94. The first-order chi connectivity index (χ1) is 21.0. The van der Waals surface area contributed by atoms with Gasteiger partial charge in [0.05, 0.1) is 38.0 Å². The van der Waals surface area contributed by atoms with Gasteiger partial charge >= 0.3 is 12.1 Å². The van der Waals surface area contributed by atoms with Crippen molar-refractivity contribution in [2.24, 2.45) is 0 Å². The van der Waals surface area contributed by atoms with Crippen molar-refractivity contribution in [1.82, 2.24) is 24.4 Å². The maximum Gasteiger partial charge on any atom is 0.421 e. The third-order valence-electron chi connectivity index (χ3n) is 8.05. The van der Waals surface area contributed by atoms with Gasteiger partial charge in [-0.05, 0) is 55.7 Å². The van der Waals surface area contributed by atoms with Crippen LogP contribution in [0.3, 0.4) is 0 Å². The fourth-order valence-corrected chi connectivity index (χ4v) is 5.71. The van der Waals surface area contributed by atoms with Crippen molar-refractivity contribution < 1.29 is 37.3 Å². The van der Waals surface area contributed by atoms with Crippen LogP contribution in [-0.2, 0) is 37.0 Å². The van der Waals surface area contributed by atoms with Gasteiger partial charge in [0.2, 0.25) is 5.88 Å². The summed E-state index contributed by atoms with van der Waals surface area (Å²) < 4.78 is 60.9. The first kappa shape index (κ1) is 30.1. The molecule has 5 heterocycles. The Kier molecular flexibility index (Phi) is 8.12. The van der Waals surface area contributed by atoms with Crippen molar-refractivity contribution in [1.29, 1.82) is 0 Å². The van der Waals surface area contributed by atoms with Crippen molar-refractivity contribution in [2.75, 3.05) is 20.3 Å². The number of carboxylic acid groups (broad SMARTS) is 1. The van der Waals surface area contributed by atoms with Crippen LogP contribution in [-0.4, -0.2) is 61.9 Å². The van der Waals surface area contributed by atoms with Gasteiger partial charge in [-0.3, -0.25) is 4.90 Å². The lowest BCUT2D eigenvalue weighted by atomic mass is 9.97. The van der Waals surface area contributed by atoms with Crippen LogP contribution in [0.1, 0.15) is 58.1 Å². The molecular formula is C30H29ClF3N5O5. The molecule has 0 bridgehead atoms. The van der Waals surface area contributed by atoms with Crippen LogP contribution in [0.4, 0.5) is 13.2 Å². The van der Waals surface area contributed by atoms with Gasteiger partial charge in [-0.25, -0.2) is 19.7 Å². The topological polar surface area (TPSA) is 112 Å². The zero-order valence-corrected chi connectivity index (χ0v) is 24.7. The molecule has 0 amide bonds. The molecule has 1 N–H and O–H groups in total. The minimum Gasteiger partial charge on any atom is -0.496 e. The highest BCUT2D eigenvalue weighted by atomic mass is 35.5. The fourth-order valence-electron chi connectivity index (χ4n) is 5.55. The number of fused-ring (bicyclic) bond motifs is 2. The van der Waals surface area contributed by atoms with Gasteiger partial charge in [-0.15, -0.1) is 0 Å². The summed E-state index contributed by atoms with van der Waals surface area (Å²) in [7, 11) is 1.44. The number of methoxy groups -OCH3 is 1. The Morgan fingerprint density at radius 3 is 2.66 bits per heavy atom. The number of ether oxygens (including phenoxy) is 3. The molecule has 4 aromatic rings. The molecule has 0 aliphatic carbocycles. The van der Waals surface area contributed by atoms with E-state index in [1.165, 1.54) is 13.2 Å². The molecule has 2 atom stereocenters. The molecule has 14 heteroatoms. The SMILES string of the molecule is COc1cc(Cl)ccc1COc1nc2c(cc1C(F)(F)F)CCN(Cc1nc3ccc(C(=O)O)nc3n1C[C@@H]1CCO1)[C@H]2C. The number of halogens is 4. The summed E-state index contributed by atoms with van der Waals surface area (Å²) in [4.78, 5) is 27.2. The van der Waals surface area contributed by atoms with Crippen LogP contribution in [0.2, 0.25) is 5.02 Å². The highest BCUT2D eigenvalue weighted by molar-refractivity contribution is 6.30. The van der Waals surface area contributed by atoms with E-state index < -0.39 is 23.6 Å². The van der Waals surface area contributed by atoms with Crippen molar-refractivity contribution in [3.63, 3.8) is 0 Å². The zero-order chi connectivity index (χ0) is 31.2. The van der Waals surface area contributed by atoms with Crippen LogP contribution in [0.25, 0.3) is 11.2 Å². The summed E-state index contributed by atoms with van der Waals surface area (Å²) in [5, 5.41) is 9.90. The molecule has 2 aliphatic rings. The van der Waals surface area contributed by atoms with Crippen molar-refractivity contribution in [3.05, 3.63) is 75.3 Å². The first-order valence-electron chi connectivity index (χ1n) is 14.0. The minimum absolute atomic E-state index is 0.0395. The second-order valence-corrected chi connectivity index (χ2v) is 11.2. The number of aromatic nitrogens is 4. The number of hydrogen-bond donors (Lipinski definition) is 1. The molecule has 232 valence electrons. The van der Waals surface area contributed by atoms with Crippen LogP contribution in [0, 0.1) is 0 Å². The van der Waals surface area contributed by atoms with E-state index in [2.05, 4.69) is 14.9 Å². The van der Waals surface area contributed by atoms with Gasteiger partial charge in [0.1, 0.15) is 29.3 Å². The molecule has 6 rings (SSSR count). The van der Waals surface area contributed by atoms with Crippen LogP contribution >= 0.6 is 11.6 Å². The van der Waals surface area contributed by atoms with Gasteiger partial charge in [0.25, 0.3) is 0 Å². The van der Waals surface area contributed by atoms with Crippen molar-refractivity contribution in [3.8, 4) is 11.6 Å². The number of pyridine rings is 2. The van der Waals surface area contributed by atoms with E-state index in [1.54, 1.807) is 24.3 Å². The van der Waals surface area contributed by atoms with E-state index >= 15 is 0 Å². The Morgan fingerprint density at radius 1 is 1.18 bits per heavy atom. The molecular weight excluding hydrogens is 603 g/mol. The quantitative estimate of drug-likeness (QED) is 0.249. The number of alkyl halides is 3. The standard InChI is InChI=1S/C30H29ClF3N5O5/c1-16-26-17(11-21(30(32,33)34)28(37-26)44-15-18-3-4-19(31)12-24(18)42-2)7-9-38(16)14-25-35-22-5-6-23(29(40)41)36-27(22)39(25)13-20-8-10-43-20/h3-6,11-12,16,20H,7-10,13-15H2,1-2H3,(H,40,41)/t16-,20-/m0/s1. The number of carboxylic acids is 1. The second-order valence-electron chi connectivity index (χ2n) is 10.8. The van der Waals surface area contributed by atoms with Gasteiger partial charge in [-0.2, -0.15) is 13.2 Å². The van der Waals surface area contributed by atoms with Crippen LogP contribution < -0.4 is 9.47 Å². The van der Waals surface area contributed by atoms with E-state index in [4.69, 9.17) is 30.8 Å². The number of aromatic carboxylic acids is 1. The number of nitrogens with zero attached hydrogens (tertiary/aromatic N) is 5. The van der Waals surface area contributed by atoms with Gasteiger partial charge in [-0.1, -0.05) is 17.7 Å². The predicted molar refractivity (Wildman–Crippen MR) is 153 cm³/mol. The average Bonchev–Trinajstić information content (AvgIpc) is 3.30. The average molecular weight is 632 g/mol. The largest absolute Gasteiger partial charge is 0.496 e. The number of rotatable bonds is 9. The molecule has 0 spiro atoms. The van der Waals surface area contributed by atoms with E-state index in [1.807, 2.05) is 11.5 Å². The van der Waals surface area contributed by atoms with Crippen LogP contribution in [0.15, 0.2) is 36.4 Å². The van der Waals surface area contributed by atoms with Crippen molar-refractivity contribution in [2.45, 2.75) is 57.8 Å². The molecule has 0 unspecified atom stereocenters. The molecule has 1 fully saturated rings. The Morgan fingerprint density at radius 2 is 1.98 bits per heavy atom. The summed E-state index contributed by atoms with van der Waals surface area (Å²) in [6.45, 7) is 3.60. The van der Waals surface area contributed by atoms with Gasteiger partial charge in [0, 0.05) is 23.7 Å².